The van der Waals surface area contributed by atoms with Crippen molar-refractivity contribution in [3.63, 3.8) is 0 Å². The number of rotatable bonds is 7. The lowest BCUT2D eigenvalue weighted by atomic mass is 10.2. The molecule has 0 radical (unpaired) electrons. The fourth-order valence-electron chi connectivity index (χ4n) is 1.84. The van der Waals surface area contributed by atoms with Crippen molar-refractivity contribution in [2.24, 2.45) is 0 Å². The van der Waals surface area contributed by atoms with Gasteiger partial charge >= 0.3 is 0 Å². The Kier molecular flexibility index (Phi) is 5.48. The molecule has 19 heavy (non-hydrogen) atoms. The minimum absolute atomic E-state index is 0.00310. The van der Waals surface area contributed by atoms with Crippen LogP contribution in [0.2, 0.25) is 0 Å². The summed E-state index contributed by atoms with van der Waals surface area (Å²) in [6.07, 6.45) is 4.33. The molecule has 0 aliphatic carbocycles. The largest absolute Gasteiger partial charge is 0.390 e. The van der Waals surface area contributed by atoms with E-state index in [1.54, 1.807) is 11.8 Å². The van der Waals surface area contributed by atoms with Crippen molar-refractivity contribution in [2.75, 3.05) is 5.75 Å². The summed E-state index contributed by atoms with van der Waals surface area (Å²) >= 11 is 1.77. The van der Waals surface area contributed by atoms with Crippen LogP contribution in [0.5, 0.6) is 0 Å². The van der Waals surface area contributed by atoms with E-state index in [4.69, 9.17) is 0 Å². The lowest BCUT2D eigenvalue weighted by molar-refractivity contribution is 0.277. The second kappa shape index (κ2) is 7.36. The third-order valence-electron chi connectivity index (χ3n) is 2.88. The van der Waals surface area contributed by atoms with Crippen molar-refractivity contribution < 1.29 is 5.11 Å². The van der Waals surface area contributed by atoms with Crippen molar-refractivity contribution in [3.8, 4) is 0 Å². The van der Waals surface area contributed by atoms with Gasteiger partial charge in [-0.05, 0) is 12.0 Å². The third-order valence-corrected chi connectivity index (χ3v) is 3.95. The van der Waals surface area contributed by atoms with E-state index in [-0.39, 0.29) is 6.61 Å². The van der Waals surface area contributed by atoms with E-state index in [9.17, 15) is 5.11 Å². The summed E-state index contributed by atoms with van der Waals surface area (Å²) in [7, 11) is 0. The highest BCUT2D eigenvalue weighted by Crippen LogP contribution is 2.20. The zero-order chi connectivity index (χ0) is 13.5. The minimum Gasteiger partial charge on any atom is -0.390 e. The van der Waals surface area contributed by atoms with Crippen molar-refractivity contribution in [1.29, 1.82) is 0 Å². The number of nitrogens with zero attached hydrogens (tertiary/aromatic N) is 2. The maximum Gasteiger partial charge on any atom is 0.168 e. The molecule has 1 N–H and O–H groups in total. The Morgan fingerprint density at radius 1 is 1.26 bits per heavy atom. The van der Waals surface area contributed by atoms with Gasteiger partial charge in [-0.15, -0.1) is 0 Å². The maximum atomic E-state index is 9.23. The molecule has 2 aromatic rings. The summed E-state index contributed by atoms with van der Waals surface area (Å²) in [6.45, 7) is 3.00. The molecule has 1 heterocycles. The molecular weight excluding hydrogens is 256 g/mol. The fourth-order valence-corrected chi connectivity index (χ4v) is 2.92. The van der Waals surface area contributed by atoms with Crippen LogP contribution in [-0.4, -0.2) is 20.4 Å². The molecule has 1 aromatic heterocycles. The molecule has 0 unspecified atom stereocenters. The molecule has 3 nitrogen and oxygen atoms in total. The summed E-state index contributed by atoms with van der Waals surface area (Å²) in [5.74, 6) is 1.08. The van der Waals surface area contributed by atoms with Gasteiger partial charge in [0.15, 0.2) is 5.16 Å². The van der Waals surface area contributed by atoms with Crippen LogP contribution in [0.4, 0.5) is 0 Å². The van der Waals surface area contributed by atoms with E-state index in [2.05, 4.69) is 28.6 Å². The molecule has 0 bridgehead atoms. The highest BCUT2D eigenvalue weighted by atomic mass is 32.2. The third kappa shape index (κ3) is 4.11. The molecular formula is C15H20N2OS. The first-order chi connectivity index (χ1) is 9.33. The van der Waals surface area contributed by atoms with Crippen molar-refractivity contribution in [2.45, 2.75) is 38.1 Å². The maximum absolute atomic E-state index is 9.23. The highest BCUT2D eigenvalue weighted by Gasteiger charge is 2.08. The molecule has 0 aliphatic rings. The van der Waals surface area contributed by atoms with Gasteiger partial charge in [0.25, 0.3) is 0 Å². The number of benzene rings is 1. The molecule has 1 aromatic carbocycles. The molecule has 0 saturated heterocycles. The van der Waals surface area contributed by atoms with Gasteiger partial charge in [0.2, 0.25) is 0 Å². The van der Waals surface area contributed by atoms with Crippen LogP contribution in [0.15, 0.2) is 41.7 Å². The van der Waals surface area contributed by atoms with E-state index in [1.165, 1.54) is 18.4 Å². The normalized spacial score (nSPS) is 10.8. The first-order valence-corrected chi connectivity index (χ1v) is 7.65. The second-order valence-corrected chi connectivity index (χ2v) is 5.55. The summed E-state index contributed by atoms with van der Waals surface area (Å²) in [6, 6.07) is 10.3. The van der Waals surface area contributed by atoms with Crippen LogP contribution in [0.1, 0.15) is 31.0 Å². The quantitative estimate of drug-likeness (QED) is 0.623. The predicted octanol–water partition coefficient (Wildman–Crippen LogP) is 3.32. The van der Waals surface area contributed by atoms with Crippen LogP contribution in [0, 0.1) is 0 Å². The van der Waals surface area contributed by atoms with E-state index in [0.717, 1.165) is 23.1 Å². The number of imidazole rings is 1. The molecule has 4 heteroatoms. The zero-order valence-electron chi connectivity index (χ0n) is 11.2. The number of aliphatic hydroxyl groups excluding tert-OH is 1. The summed E-state index contributed by atoms with van der Waals surface area (Å²) < 4.78 is 2.13. The van der Waals surface area contributed by atoms with Gasteiger partial charge in [-0.3, -0.25) is 0 Å². The number of aromatic nitrogens is 2. The summed E-state index contributed by atoms with van der Waals surface area (Å²) in [5.41, 5.74) is 2.00. The summed E-state index contributed by atoms with van der Waals surface area (Å²) in [4.78, 5) is 4.47. The molecule has 2 rings (SSSR count). The van der Waals surface area contributed by atoms with E-state index >= 15 is 0 Å². The molecule has 0 fully saturated rings. The topological polar surface area (TPSA) is 38.1 Å². The Hall–Kier alpha value is -1.26. The number of hydrogen-bond donors (Lipinski definition) is 1. The Balaban J connectivity index is 2.11. The van der Waals surface area contributed by atoms with Gasteiger partial charge < -0.3 is 9.67 Å². The van der Waals surface area contributed by atoms with Gasteiger partial charge in [-0.25, -0.2) is 4.98 Å². The smallest absolute Gasteiger partial charge is 0.168 e. The Bertz CT molecular complexity index is 496. The van der Waals surface area contributed by atoms with E-state index < -0.39 is 0 Å². The SMILES string of the molecule is CCCCSc1nc(CO)cn1Cc1ccccc1. The van der Waals surface area contributed by atoms with Crippen molar-refractivity contribution in [3.05, 3.63) is 47.8 Å². The highest BCUT2D eigenvalue weighted by molar-refractivity contribution is 7.99. The van der Waals surface area contributed by atoms with E-state index in [1.807, 2.05) is 24.4 Å². The lowest BCUT2D eigenvalue weighted by Crippen LogP contribution is -2.00. The number of thioether (sulfide) groups is 1. The van der Waals surface area contributed by atoms with Crippen LogP contribution < -0.4 is 0 Å². The van der Waals surface area contributed by atoms with E-state index in [0.29, 0.717) is 0 Å². The molecule has 0 aliphatic heterocycles. The van der Waals surface area contributed by atoms with Gasteiger partial charge in [-0.2, -0.15) is 0 Å². The van der Waals surface area contributed by atoms with Crippen molar-refractivity contribution >= 4 is 11.8 Å². The lowest BCUT2D eigenvalue weighted by Gasteiger charge is -2.07. The molecule has 0 saturated carbocycles. The Morgan fingerprint density at radius 3 is 2.74 bits per heavy atom. The van der Waals surface area contributed by atoms with Crippen molar-refractivity contribution in [1.82, 2.24) is 9.55 Å². The fraction of sp³-hybridized carbons (Fsp3) is 0.400. The first-order valence-electron chi connectivity index (χ1n) is 6.67. The summed E-state index contributed by atoms with van der Waals surface area (Å²) in [5, 5.41) is 10.2. The zero-order valence-corrected chi connectivity index (χ0v) is 12.1. The predicted molar refractivity (Wildman–Crippen MR) is 79.3 cm³/mol. The molecule has 0 amide bonds. The first kappa shape index (κ1) is 14.2. The molecule has 0 spiro atoms. The number of hydrogen-bond acceptors (Lipinski definition) is 3. The van der Waals surface area contributed by atoms with Crippen LogP contribution in [0.3, 0.4) is 0 Å². The average Bonchev–Trinajstić information content (AvgIpc) is 2.83. The van der Waals surface area contributed by atoms with Crippen LogP contribution in [-0.2, 0) is 13.2 Å². The van der Waals surface area contributed by atoms with Crippen LogP contribution in [0.25, 0.3) is 0 Å². The monoisotopic (exact) mass is 276 g/mol. The molecule has 0 atom stereocenters. The van der Waals surface area contributed by atoms with Gasteiger partial charge in [0.05, 0.1) is 12.3 Å². The minimum atomic E-state index is 0.00310. The van der Waals surface area contributed by atoms with Gasteiger partial charge in [0, 0.05) is 18.5 Å². The number of unbranched alkanes of at least 4 members (excludes halogenated alkanes) is 1. The Labute approximate surface area is 118 Å². The standard InChI is InChI=1S/C15H20N2OS/c1-2-3-9-19-15-16-14(12-18)11-17(15)10-13-7-5-4-6-8-13/h4-8,11,18H,2-3,9-10,12H2,1H3. The second-order valence-electron chi connectivity index (χ2n) is 4.49. The van der Waals surface area contributed by atoms with Crippen LogP contribution >= 0.6 is 11.8 Å². The van der Waals surface area contributed by atoms with Gasteiger partial charge in [0.1, 0.15) is 0 Å². The number of aliphatic hydroxyl groups is 1. The molecule has 102 valence electrons. The van der Waals surface area contributed by atoms with Gasteiger partial charge in [-0.1, -0.05) is 55.4 Å². The Morgan fingerprint density at radius 2 is 2.05 bits per heavy atom. The average molecular weight is 276 g/mol.